The molecular weight excluding hydrogens is 358 g/mol. The van der Waals surface area contributed by atoms with E-state index in [1.165, 1.54) is 0 Å². The number of hydrogen-bond acceptors (Lipinski definition) is 5. The fraction of sp³-hybridized carbons (Fsp3) is 0.190. The smallest absolute Gasteiger partial charge is 0.255 e. The van der Waals surface area contributed by atoms with Crippen LogP contribution in [0.4, 0.5) is 5.69 Å². The Kier molecular flexibility index (Phi) is 6.06. The van der Waals surface area contributed by atoms with Crippen LogP contribution >= 0.6 is 0 Å². The highest BCUT2D eigenvalue weighted by Gasteiger charge is 2.14. The van der Waals surface area contributed by atoms with E-state index < -0.39 is 0 Å². The molecule has 3 rings (SSSR count). The number of carbonyl (C=O) groups is 2. The van der Waals surface area contributed by atoms with Gasteiger partial charge in [-0.05, 0) is 38.1 Å². The number of aromatic nitrogens is 1. The first-order valence-electron chi connectivity index (χ1n) is 8.78. The van der Waals surface area contributed by atoms with Crippen LogP contribution in [-0.2, 0) is 11.4 Å². The number of rotatable bonds is 7. The first kappa shape index (κ1) is 19.2. The predicted octanol–water partition coefficient (Wildman–Crippen LogP) is 3.24. The SMILES string of the molecule is Cc1cc(C(=O)NCC(=O)Nc2cccc(OCc3cccnc3)c2)c(C)o1. The van der Waals surface area contributed by atoms with Crippen LogP contribution in [0, 0.1) is 13.8 Å². The van der Waals surface area contributed by atoms with E-state index >= 15 is 0 Å². The molecule has 2 heterocycles. The summed E-state index contributed by atoms with van der Waals surface area (Å²) >= 11 is 0. The maximum Gasteiger partial charge on any atom is 0.255 e. The molecule has 144 valence electrons. The van der Waals surface area contributed by atoms with Crippen LogP contribution in [0.1, 0.15) is 27.4 Å². The third kappa shape index (κ3) is 5.20. The third-order valence-corrected chi connectivity index (χ3v) is 3.94. The molecule has 1 aromatic carbocycles. The standard InChI is InChI=1S/C21H21N3O4/c1-14-9-19(15(2)28-14)21(26)23-12-20(25)24-17-6-3-7-18(10-17)27-13-16-5-4-8-22-11-16/h3-11H,12-13H2,1-2H3,(H,23,26)(H,24,25). The maximum atomic E-state index is 12.1. The highest BCUT2D eigenvalue weighted by atomic mass is 16.5. The van der Waals surface area contributed by atoms with Gasteiger partial charge in [0.25, 0.3) is 5.91 Å². The highest BCUT2D eigenvalue weighted by Crippen LogP contribution is 2.18. The summed E-state index contributed by atoms with van der Waals surface area (Å²) < 4.78 is 11.0. The van der Waals surface area contributed by atoms with Crippen molar-refractivity contribution in [3.8, 4) is 5.75 Å². The van der Waals surface area contributed by atoms with Gasteiger partial charge < -0.3 is 19.8 Å². The summed E-state index contributed by atoms with van der Waals surface area (Å²) in [6, 6.07) is 12.5. The van der Waals surface area contributed by atoms with Gasteiger partial charge in [-0.1, -0.05) is 12.1 Å². The van der Waals surface area contributed by atoms with Crippen LogP contribution in [-0.4, -0.2) is 23.3 Å². The summed E-state index contributed by atoms with van der Waals surface area (Å²) in [5, 5.41) is 5.32. The number of aryl methyl sites for hydroxylation is 2. The van der Waals surface area contributed by atoms with Gasteiger partial charge in [-0.15, -0.1) is 0 Å². The number of pyridine rings is 1. The van der Waals surface area contributed by atoms with Gasteiger partial charge in [-0.3, -0.25) is 14.6 Å². The van der Waals surface area contributed by atoms with E-state index in [1.54, 1.807) is 56.6 Å². The van der Waals surface area contributed by atoms with Crippen molar-refractivity contribution in [2.75, 3.05) is 11.9 Å². The van der Waals surface area contributed by atoms with Crippen molar-refractivity contribution in [2.24, 2.45) is 0 Å². The molecule has 0 bridgehead atoms. The summed E-state index contributed by atoms with van der Waals surface area (Å²) in [6.07, 6.45) is 3.44. The molecule has 0 spiro atoms. The Morgan fingerprint density at radius 2 is 2.00 bits per heavy atom. The summed E-state index contributed by atoms with van der Waals surface area (Å²) in [6.45, 7) is 3.70. The summed E-state index contributed by atoms with van der Waals surface area (Å²) in [4.78, 5) is 28.3. The van der Waals surface area contributed by atoms with Gasteiger partial charge in [0.1, 0.15) is 23.9 Å². The van der Waals surface area contributed by atoms with Crippen LogP contribution in [0.3, 0.4) is 0 Å². The van der Waals surface area contributed by atoms with Gasteiger partial charge in [0.05, 0.1) is 12.1 Å². The summed E-state index contributed by atoms with van der Waals surface area (Å²) in [5.41, 5.74) is 1.96. The Morgan fingerprint density at radius 1 is 1.14 bits per heavy atom. The van der Waals surface area contributed by atoms with Crippen molar-refractivity contribution < 1.29 is 18.7 Å². The molecule has 2 amide bonds. The number of anilines is 1. The minimum atomic E-state index is -0.349. The summed E-state index contributed by atoms with van der Waals surface area (Å²) in [5.74, 6) is 1.10. The van der Waals surface area contributed by atoms with Crippen LogP contribution in [0.2, 0.25) is 0 Å². The van der Waals surface area contributed by atoms with E-state index in [0.29, 0.717) is 35.1 Å². The first-order chi connectivity index (χ1) is 13.5. The number of nitrogens with zero attached hydrogens (tertiary/aromatic N) is 1. The minimum absolute atomic E-state index is 0.150. The van der Waals surface area contributed by atoms with Crippen molar-refractivity contribution in [3.05, 3.63) is 77.5 Å². The third-order valence-electron chi connectivity index (χ3n) is 3.94. The summed E-state index contributed by atoms with van der Waals surface area (Å²) in [7, 11) is 0. The van der Waals surface area contributed by atoms with Gasteiger partial charge in [-0.25, -0.2) is 0 Å². The van der Waals surface area contributed by atoms with Crippen LogP contribution < -0.4 is 15.4 Å². The number of carbonyl (C=O) groups excluding carboxylic acids is 2. The van der Waals surface area contributed by atoms with E-state index in [0.717, 1.165) is 5.56 Å². The lowest BCUT2D eigenvalue weighted by Crippen LogP contribution is -2.32. The molecule has 2 N–H and O–H groups in total. The predicted molar refractivity (Wildman–Crippen MR) is 104 cm³/mol. The Balaban J connectivity index is 1.51. The molecule has 0 saturated heterocycles. The largest absolute Gasteiger partial charge is 0.489 e. The second-order valence-electron chi connectivity index (χ2n) is 6.24. The molecule has 7 heteroatoms. The molecule has 0 unspecified atom stereocenters. The average Bonchev–Trinajstić information content (AvgIpc) is 3.04. The van der Waals surface area contributed by atoms with Crippen molar-refractivity contribution in [2.45, 2.75) is 20.5 Å². The zero-order chi connectivity index (χ0) is 19.9. The highest BCUT2D eigenvalue weighted by molar-refractivity contribution is 5.99. The Morgan fingerprint density at radius 3 is 2.71 bits per heavy atom. The van der Waals surface area contributed by atoms with Gasteiger partial charge >= 0.3 is 0 Å². The second-order valence-corrected chi connectivity index (χ2v) is 6.24. The lowest BCUT2D eigenvalue weighted by Gasteiger charge is -2.10. The quantitative estimate of drug-likeness (QED) is 0.657. The molecule has 0 aliphatic carbocycles. The number of hydrogen-bond donors (Lipinski definition) is 2. The number of furan rings is 1. The van der Waals surface area contributed by atoms with Gasteiger partial charge in [0.2, 0.25) is 5.91 Å². The van der Waals surface area contributed by atoms with E-state index in [2.05, 4.69) is 15.6 Å². The molecule has 7 nitrogen and oxygen atoms in total. The van der Waals surface area contributed by atoms with Gasteiger partial charge in [0, 0.05) is 29.7 Å². The number of ether oxygens (including phenoxy) is 1. The van der Waals surface area contributed by atoms with E-state index in [-0.39, 0.29) is 18.4 Å². The number of nitrogens with one attached hydrogen (secondary N) is 2. The minimum Gasteiger partial charge on any atom is -0.489 e. The van der Waals surface area contributed by atoms with E-state index in [1.807, 2.05) is 12.1 Å². The van der Waals surface area contributed by atoms with Gasteiger partial charge in [-0.2, -0.15) is 0 Å². The Hall–Kier alpha value is -3.61. The monoisotopic (exact) mass is 379 g/mol. The molecule has 0 atom stereocenters. The Labute approximate surface area is 162 Å². The number of benzene rings is 1. The molecular formula is C21H21N3O4. The average molecular weight is 379 g/mol. The van der Waals surface area contributed by atoms with Crippen molar-refractivity contribution in [1.82, 2.24) is 10.3 Å². The molecule has 2 aromatic heterocycles. The topological polar surface area (TPSA) is 93.5 Å². The van der Waals surface area contributed by atoms with Crippen molar-refractivity contribution >= 4 is 17.5 Å². The number of amides is 2. The van der Waals surface area contributed by atoms with Crippen LogP contribution in [0.5, 0.6) is 5.75 Å². The zero-order valence-corrected chi connectivity index (χ0v) is 15.7. The van der Waals surface area contributed by atoms with Crippen LogP contribution in [0.15, 0.2) is 59.3 Å². The molecule has 0 radical (unpaired) electrons. The second kappa shape index (κ2) is 8.85. The fourth-order valence-electron chi connectivity index (χ4n) is 2.63. The molecule has 3 aromatic rings. The normalized spacial score (nSPS) is 10.4. The van der Waals surface area contributed by atoms with E-state index in [4.69, 9.17) is 9.15 Å². The van der Waals surface area contributed by atoms with Gasteiger partial charge in [0.15, 0.2) is 0 Å². The lowest BCUT2D eigenvalue weighted by atomic mass is 10.2. The maximum absolute atomic E-state index is 12.1. The van der Waals surface area contributed by atoms with E-state index in [9.17, 15) is 9.59 Å². The molecule has 0 aliphatic rings. The van der Waals surface area contributed by atoms with Crippen molar-refractivity contribution in [3.63, 3.8) is 0 Å². The lowest BCUT2D eigenvalue weighted by molar-refractivity contribution is -0.115. The first-order valence-corrected chi connectivity index (χ1v) is 8.78. The van der Waals surface area contributed by atoms with Crippen molar-refractivity contribution in [1.29, 1.82) is 0 Å². The molecule has 0 fully saturated rings. The van der Waals surface area contributed by atoms with Crippen LogP contribution in [0.25, 0.3) is 0 Å². The fourth-order valence-corrected chi connectivity index (χ4v) is 2.63. The Bertz CT molecular complexity index is 967. The molecule has 0 aliphatic heterocycles. The zero-order valence-electron chi connectivity index (χ0n) is 15.7. The molecule has 0 saturated carbocycles. The molecule has 28 heavy (non-hydrogen) atoms.